The fraction of sp³-hybridized carbons (Fsp3) is 0.533. The van der Waals surface area contributed by atoms with Crippen molar-refractivity contribution >= 4 is 24.0 Å². The molecular weight excluding hydrogens is 320 g/mol. The molecule has 2 rings (SSSR count). The van der Waals surface area contributed by atoms with Crippen LogP contribution in [0.5, 0.6) is 0 Å². The van der Waals surface area contributed by atoms with Crippen molar-refractivity contribution in [3.05, 3.63) is 39.4 Å². The summed E-state index contributed by atoms with van der Waals surface area (Å²) in [6, 6.07) is 4.44. The molecule has 8 heteroatoms. The van der Waals surface area contributed by atoms with Crippen molar-refractivity contribution in [2.24, 2.45) is 17.4 Å². The fourth-order valence-electron chi connectivity index (χ4n) is 3.03. The van der Waals surface area contributed by atoms with Gasteiger partial charge in [0.15, 0.2) is 0 Å². The average molecular weight is 343 g/mol. The number of piperidine rings is 1. The summed E-state index contributed by atoms with van der Waals surface area (Å²) >= 11 is 0. The van der Waals surface area contributed by atoms with Crippen LogP contribution in [-0.2, 0) is 6.54 Å². The molecule has 1 heterocycles. The summed E-state index contributed by atoms with van der Waals surface area (Å²) in [5, 5.41) is 11.2. The smallest absolute Gasteiger partial charge is 0.274 e. The highest BCUT2D eigenvalue weighted by Crippen LogP contribution is 2.25. The predicted molar refractivity (Wildman–Crippen MR) is 90.5 cm³/mol. The average Bonchev–Trinajstić information content (AvgIpc) is 2.48. The first kappa shape index (κ1) is 19.3. The molecule has 4 N–H and O–H groups in total. The summed E-state index contributed by atoms with van der Waals surface area (Å²) in [4.78, 5) is 24.2. The van der Waals surface area contributed by atoms with Gasteiger partial charge in [-0.15, -0.1) is 12.4 Å². The van der Waals surface area contributed by atoms with Crippen LogP contribution in [0.4, 0.5) is 5.69 Å². The summed E-state index contributed by atoms with van der Waals surface area (Å²) in [5.41, 5.74) is 11.5. The third kappa shape index (κ3) is 5.16. The molecule has 0 aliphatic carbocycles. The van der Waals surface area contributed by atoms with Crippen LogP contribution in [0.25, 0.3) is 0 Å². The number of primary amides is 1. The van der Waals surface area contributed by atoms with Gasteiger partial charge >= 0.3 is 0 Å². The van der Waals surface area contributed by atoms with E-state index in [1.165, 1.54) is 6.07 Å². The summed E-state index contributed by atoms with van der Waals surface area (Å²) in [5.74, 6) is -0.0988. The minimum absolute atomic E-state index is 0. The van der Waals surface area contributed by atoms with Crippen LogP contribution in [0, 0.1) is 16.0 Å². The van der Waals surface area contributed by atoms with Crippen molar-refractivity contribution in [2.45, 2.75) is 25.8 Å². The molecule has 23 heavy (non-hydrogen) atoms. The number of carbonyl (C=O) groups excluding carboxylic acids is 1. The van der Waals surface area contributed by atoms with Crippen molar-refractivity contribution < 1.29 is 9.72 Å². The highest BCUT2D eigenvalue weighted by molar-refractivity contribution is 5.93. The summed E-state index contributed by atoms with van der Waals surface area (Å²) in [7, 11) is 0. The summed E-state index contributed by atoms with van der Waals surface area (Å²) in [6.07, 6.45) is 3.23. The molecule has 1 saturated heterocycles. The molecule has 0 saturated carbocycles. The molecule has 128 valence electrons. The van der Waals surface area contributed by atoms with Gasteiger partial charge in [-0.05, 0) is 44.3 Å². The van der Waals surface area contributed by atoms with Gasteiger partial charge in [0.2, 0.25) is 5.91 Å². The maximum Gasteiger partial charge on any atom is 0.274 e. The molecule has 1 unspecified atom stereocenters. The molecule has 1 aromatic rings. The molecule has 1 aliphatic heterocycles. The Bertz CT molecular complexity index is 566. The summed E-state index contributed by atoms with van der Waals surface area (Å²) in [6.45, 7) is 3.02. The number of nitrogens with zero attached hydrogens (tertiary/aromatic N) is 2. The topological polar surface area (TPSA) is 115 Å². The molecule has 1 aromatic carbocycles. The van der Waals surface area contributed by atoms with E-state index in [0.29, 0.717) is 24.6 Å². The normalized spacial score (nSPS) is 18.2. The van der Waals surface area contributed by atoms with Crippen LogP contribution < -0.4 is 11.5 Å². The second kappa shape index (κ2) is 8.81. The minimum Gasteiger partial charge on any atom is -0.366 e. The number of likely N-dealkylation sites (tertiary alicyclic amines) is 1. The number of halogens is 1. The van der Waals surface area contributed by atoms with E-state index in [1.807, 2.05) is 0 Å². The maximum absolute atomic E-state index is 11.2. The number of amides is 1. The summed E-state index contributed by atoms with van der Waals surface area (Å²) < 4.78 is 0. The number of hydrogen-bond donors (Lipinski definition) is 2. The van der Waals surface area contributed by atoms with E-state index in [2.05, 4.69) is 4.90 Å². The Kier molecular flexibility index (Phi) is 7.41. The maximum atomic E-state index is 11.2. The van der Waals surface area contributed by atoms with Crippen LogP contribution in [0.3, 0.4) is 0 Å². The molecule has 7 nitrogen and oxygen atoms in total. The lowest BCUT2D eigenvalue weighted by Gasteiger charge is -2.32. The lowest BCUT2D eigenvalue weighted by molar-refractivity contribution is -0.385. The quantitative estimate of drug-likeness (QED) is 0.602. The molecule has 1 atom stereocenters. The third-order valence-corrected chi connectivity index (χ3v) is 4.14. The van der Waals surface area contributed by atoms with E-state index in [0.717, 1.165) is 32.4 Å². The van der Waals surface area contributed by atoms with Crippen molar-refractivity contribution in [2.75, 3.05) is 19.6 Å². The van der Waals surface area contributed by atoms with Gasteiger partial charge in [-0.3, -0.25) is 19.8 Å². The number of nitro benzene ring substituents is 1. The van der Waals surface area contributed by atoms with Gasteiger partial charge in [-0.2, -0.15) is 0 Å². The Balaban J connectivity index is 0.00000264. The first-order valence-electron chi connectivity index (χ1n) is 7.50. The molecule has 1 amide bonds. The Morgan fingerprint density at radius 2 is 2.17 bits per heavy atom. The molecule has 1 aliphatic rings. The minimum atomic E-state index is -0.657. The van der Waals surface area contributed by atoms with Gasteiger partial charge in [0.1, 0.15) is 0 Å². The SMILES string of the molecule is Cl.NCCC1CCCN(Cc2ccc(C(N)=O)cc2[N+](=O)[O-])C1. The van der Waals surface area contributed by atoms with E-state index in [1.54, 1.807) is 12.1 Å². The molecule has 0 radical (unpaired) electrons. The number of nitro groups is 1. The Labute approximate surface area is 141 Å². The van der Waals surface area contributed by atoms with Crippen molar-refractivity contribution in [1.82, 2.24) is 4.90 Å². The van der Waals surface area contributed by atoms with E-state index < -0.39 is 10.8 Å². The lowest BCUT2D eigenvalue weighted by Crippen LogP contribution is -2.35. The number of carbonyl (C=O) groups is 1. The van der Waals surface area contributed by atoms with Gasteiger partial charge in [-0.25, -0.2) is 0 Å². The fourth-order valence-corrected chi connectivity index (χ4v) is 3.03. The van der Waals surface area contributed by atoms with Gasteiger partial charge in [0.25, 0.3) is 5.69 Å². The highest BCUT2D eigenvalue weighted by atomic mass is 35.5. The first-order chi connectivity index (χ1) is 10.5. The molecule has 0 bridgehead atoms. The van der Waals surface area contributed by atoms with E-state index in [9.17, 15) is 14.9 Å². The zero-order chi connectivity index (χ0) is 16.1. The first-order valence-corrected chi connectivity index (χ1v) is 7.50. The predicted octanol–water partition coefficient (Wildman–Crippen LogP) is 1.68. The van der Waals surface area contributed by atoms with Crippen LogP contribution in [-0.4, -0.2) is 35.4 Å². The Morgan fingerprint density at radius 1 is 1.43 bits per heavy atom. The van der Waals surface area contributed by atoms with Crippen molar-refractivity contribution in [3.8, 4) is 0 Å². The monoisotopic (exact) mass is 342 g/mol. The Hall–Kier alpha value is -1.70. The zero-order valence-corrected chi connectivity index (χ0v) is 13.8. The standard InChI is InChI=1S/C15H22N4O3.ClH/c16-6-5-11-2-1-7-18(9-11)10-13-4-3-12(15(17)20)8-14(13)19(21)22;/h3-4,8,11H,1-2,5-7,9-10,16H2,(H2,17,20);1H. The van der Waals surface area contributed by atoms with E-state index >= 15 is 0 Å². The van der Waals surface area contributed by atoms with Crippen LogP contribution in [0.1, 0.15) is 35.2 Å². The van der Waals surface area contributed by atoms with Gasteiger partial charge < -0.3 is 11.5 Å². The second-order valence-electron chi connectivity index (χ2n) is 5.79. The Morgan fingerprint density at radius 3 is 2.78 bits per heavy atom. The third-order valence-electron chi connectivity index (χ3n) is 4.14. The van der Waals surface area contributed by atoms with Crippen molar-refractivity contribution in [1.29, 1.82) is 0 Å². The van der Waals surface area contributed by atoms with Gasteiger partial charge in [0, 0.05) is 30.3 Å². The second-order valence-corrected chi connectivity index (χ2v) is 5.79. The zero-order valence-electron chi connectivity index (χ0n) is 12.9. The molecule has 0 aromatic heterocycles. The highest BCUT2D eigenvalue weighted by Gasteiger charge is 2.23. The van der Waals surface area contributed by atoms with Crippen LogP contribution in [0.2, 0.25) is 0 Å². The molecule has 0 spiro atoms. The van der Waals surface area contributed by atoms with Crippen LogP contribution >= 0.6 is 12.4 Å². The number of rotatable bonds is 6. The van der Waals surface area contributed by atoms with Crippen molar-refractivity contribution in [3.63, 3.8) is 0 Å². The van der Waals surface area contributed by atoms with E-state index in [-0.39, 0.29) is 23.7 Å². The van der Waals surface area contributed by atoms with E-state index in [4.69, 9.17) is 11.5 Å². The largest absolute Gasteiger partial charge is 0.366 e. The number of benzene rings is 1. The van der Waals surface area contributed by atoms with Gasteiger partial charge in [-0.1, -0.05) is 6.07 Å². The number of hydrogen-bond acceptors (Lipinski definition) is 5. The lowest BCUT2D eigenvalue weighted by atomic mass is 9.94. The molecule has 1 fully saturated rings. The van der Waals surface area contributed by atoms with Gasteiger partial charge in [0.05, 0.1) is 4.92 Å². The van der Waals surface area contributed by atoms with Crippen LogP contribution in [0.15, 0.2) is 18.2 Å². The molecular formula is C15H23ClN4O3. The number of nitrogens with two attached hydrogens (primary N) is 2.